The predicted octanol–water partition coefficient (Wildman–Crippen LogP) is 4.45. The lowest BCUT2D eigenvalue weighted by Gasteiger charge is -2.26. The third kappa shape index (κ3) is 3.06. The summed E-state index contributed by atoms with van der Waals surface area (Å²) in [5.41, 5.74) is 2.18. The lowest BCUT2D eigenvalue weighted by atomic mass is 9.77. The Bertz CT molecular complexity index is 732. The molecule has 2 aromatic rings. The van der Waals surface area contributed by atoms with Crippen LogP contribution in [0, 0.1) is 34.1 Å². The van der Waals surface area contributed by atoms with Gasteiger partial charge < -0.3 is 0 Å². The Morgan fingerprint density at radius 2 is 1.13 bits per heavy atom. The van der Waals surface area contributed by atoms with Gasteiger partial charge in [-0.25, -0.2) is 0 Å². The van der Waals surface area contributed by atoms with Gasteiger partial charge in [0.15, 0.2) is 0 Å². The molecule has 120 valence electrons. The Kier molecular flexibility index (Phi) is 4.18. The van der Waals surface area contributed by atoms with Crippen molar-refractivity contribution in [2.75, 3.05) is 0 Å². The van der Waals surface area contributed by atoms with E-state index in [0.717, 1.165) is 11.1 Å². The first-order chi connectivity index (χ1) is 10.6. The maximum Gasteiger partial charge on any atom is 0.272 e. The first kappa shape index (κ1) is 16.6. The minimum atomic E-state index is -0.586. The highest BCUT2D eigenvalue weighted by molar-refractivity contribution is 5.51. The first-order valence-corrected chi connectivity index (χ1v) is 7.15. The summed E-state index contributed by atoms with van der Waals surface area (Å²) in [6.07, 6.45) is 0. The highest BCUT2D eigenvalue weighted by Crippen LogP contribution is 2.36. The van der Waals surface area contributed by atoms with Crippen molar-refractivity contribution in [2.45, 2.75) is 33.1 Å². The van der Waals surface area contributed by atoms with E-state index in [1.165, 1.54) is 0 Å². The van der Waals surface area contributed by atoms with E-state index in [9.17, 15) is 20.2 Å². The molecule has 6 heteroatoms. The van der Waals surface area contributed by atoms with Crippen LogP contribution in [0.3, 0.4) is 0 Å². The minimum Gasteiger partial charge on any atom is -0.258 e. The van der Waals surface area contributed by atoms with E-state index in [1.54, 1.807) is 38.1 Å². The zero-order chi connectivity index (χ0) is 17.4. The summed E-state index contributed by atoms with van der Waals surface area (Å²) in [5, 5.41) is 22.3. The monoisotopic (exact) mass is 314 g/mol. The summed E-state index contributed by atoms with van der Waals surface area (Å²) in [7, 11) is 0. The molecule has 0 spiro atoms. The van der Waals surface area contributed by atoms with Crippen molar-refractivity contribution in [1.29, 1.82) is 0 Å². The number of aryl methyl sites for hydroxylation is 2. The van der Waals surface area contributed by atoms with Gasteiger partial charge in [-0.1, -0.05) is 38.1 Å². The summed E-state index contributed by atoms with van der Waals surface area (Å²) < 4.78 is 0. The van der Waals surface area contributed by atoms with Crippen LogP contribution in [0.15, 0.2) is 36.4 Å². The molecule has 0 fully saturated rings. The molecule has 2 rings (SSSR count). The number of rotatable bonds is 4. The van der Waals surface area contributed by atoms with Crippen molar-refractivity contribution in [1.82, 2.24) is 0 Å². The Morgan fingerprint density at radius 1 is 0.783 bits per heavy atom. The summed E-state index contributed by atoms with van der Waals surface area (Å²) in [6, 6.07) is 10.2. The van der Waals surface area contributed by atoms with Crippen LogP contribution in [0.5, 0.6) is 0 Å². The van der Waals surface area contributed by atoms with Gasteiger partial charge in [-0.3, -0.25) is 20.2 Å². The maximum atomic E-state index is 11.1. The molecule has 0 unspecified atom stereocenters. The second-order valence-electron chi connectivity index (χ2n) is 6.14. The lowest BCUT2D eigenvalue weighted by Crippen LogP contribution is -2.19. The third-order valence-electron chi connectivity index (χ3n) is 4.26. The van der Waals surface area contributed by atoms with Crippen molar-refractivity contribution >= 4 is 11.4 Å². The fourth-order valence-electron chi connectivity index (χ4n) is 2.56. The summed E-state index contributed by atoms with van der Waals surface area (Å²) in [5.74, 6) is 0. The van der Waals surface area contributed by atoms with E-state index in [0.29, 0.717) is 11.1 Å². The molecule has 2 aromatic carbocycles. The van der Waals surface area contributed by atoms with Crippen molar-refractivity contribution in [3.8, 4) is 0 Å². The maximum absolute atomic E-state index is 11.1. The van der Waals surface area contributed by atoms with Gasteiger partial charge in [0.1, 0.15) is 0 Å². The van der Waals surface area contributed by atoms with Gasteiger partial charge in [0, 0.05) is 28.7 Å². The molecular weight excluding hydrogens is 296 g/mol. The Hall–Kier alpha value is -2.76. The number of benzene rings is 2. The van der Waals surface area contributed by atoms with Crippen LogP contribution < -0.4 is 0 Å². The Labute approximate surface area is 134 Å². The summed E-state index contributed by atoms with van der Waals surface area (Å²) in [6.45, 7) is 7.17. The van der Waals surface area contributed by atoms with Crippen molar-refractivity contribution in [3.05, 3.63) is 78.9 Å². The van der Waals surface area contributed by atoms with Crippen LogP contribution in [0.25, 0.3) is 0 Å². The zero-order valence-electron chi connectivity index (χ0n) is 13.5. The number of hydrogen-bond donors (Lipinski definition) is 0. The summed E-state index contributed by atoms with van der Waals surface area (Å²) in [4.78, 5) is 21.5. The van der Waals surface area contributed by atoms with E-state index >= 15 is 0 Å². The quantitative estimate of drug-likeness (QED) is 0.616. The number of hydrogen-bond acceptors (Lipinski definition) is 4. The van der Waals surface area contributed by atoms with E-state index < -0.39 is 15.3 Å². The lowest BCUT2D eigenvalue weighted by molar-refractivity contribution is -0.385. The Balaban J connectivity index is 2.58. The molecule has 0 saturated carbocycles. The molecule has 0 saturated heterocycles. The second kappa shape index (κ2) is 5.79. The average Bonchev–Trinajstić information content (AvgIpc) is 2.47. The van der Waals surface area contributed by atoms with Crippen LogP contribution in [0.1, 0.15) is 36.1 Å². The molecule has 0 aliphatic heterocycles. The average molecular weight is 314 g/mol. The fraction of sp³-hybridized carbons (Fsp3) is 0.294. The molecule has 0 amide bonds. The number of nitro groups is 2. The second-order valence-corrected chi connectivity index (χ2v) is 6.14. The van der Waals surface area contributed by atoms with Gasteiger partial charge >= 0.3 is 0 Å². The molecule has 6 nitrogen and oxygen atoms in total. The van der Waals surface area contributed by atoms with E-state index in [2.05, 4.69) is 0 Å². The smallest absolute Gasteiger partial charge is 0.258 e. The van der Waals surface area contributed by atoms with Gasteiger partial charge in [0.25, 0.3) is 11.4 Å². The standard InChI is InChI=1S/C17H18N2O4/c1-11-5-7-13(9-15(11)18(20)21)17(3,4)14-8-6-12(2)16(10-14)19(22)23/h5-10H,1-4H3. The van der Waals surface area contributed by atoms with Crippen LogP contribution >= 0.6 is 0 Å². The van der Waals surface area contributed by atoms with Gasteiger partial charge in [0.2, 0.25) is 0 Å². The molecule has 0 heterocycles. The van der Waals surface area contributed by atoms with Gasteiger partial charge in [0.05, 0.1) is 9.85 Å². The molecule has 0 bridgehead atoms. The summed E-state index contributed by atoms with van der Waals surface area (Å²) >= 11 is 0. The van der Waals surface area contributed by atoms with Crippen LogP contribution in [-0.2, 0) is 5.41 Å². The third-order valence-corrected chi connectivity index (χ3v) is 4.26. The molecule has 0 aliphatic carbocycles. The molecule has 0 aromatic heterocycles. The van der Waals surface area contributed by atoms with E-state index in [1.807, 2.05) is 26.0 Å². The number of nitrogens with zero attached hydrogens (tertiary/aromatic N) is 2. The molecule has 23 heavy (non-hydrogen) atoms. The molecule has 0 atom stereocenters. The molecule has 0 aliphatic rings. The highest BCUT2D eigenvalue weighted by Gasteiger charge is 2.27. The number of nitro benzene ring substituents is 2. The van der Waals surface area contributed by atoms with Crippen molar-refractivity contribution in [2.24, 2.45) is 0 Å². The highest BCUT2D eigenvalue weighted by atomic mass is 16.6. The molecule has 0 radical (unpaired) electrons. The minimum absolute atomic E-state index is 0.0530. The van der Waals surface area contributed by atoms with Crippen LogP contribution in [0.4, 0.5) is 11.4 Å². The largest absolute Gasteiger partial charge is 0.272 e. The van der Waals surface area contributed by atoms with E-state index in [-0.39, 0.29) is 11.4 Å². The predicted molar refractivity (Wildman–Crippen MR) is 87.8 cm³/mol. The van der Waals surface area contributed by atoms with Gasteiger partial charge in [-0.2, -0.15) is 0 Å². The van der Waals surface area contributed by atoms with Gasteiger partial charge in [-0.05, 0) is 25.0 Å². The Morgan fingerprint density at radius 3 is 1.43 bits per heavy atom. The van der Waals surface area contributed by atoms with Gasteiger partial charge in [-0.15, -0.1) is 0 Å². The van der Waals surface area contributed by atoms with Crippen molar-refractivity contribution < 1.29 is 9.85 Å². The van der Waals surface area contributed by atoms with Crippen molar-refractivity contribution in [3.63, 3.8) is 0 Å². The zero-order valence-corrected chi connectivity index (χ0v) is 13.5. The van der Waals surface area contributed by atoms with Crippen LogP contribution in [0.2, 0.25) is 0 Å². The van der Waals surface area contributed by atoms with E-state index in [4.69, 9.17) is 0 Å². The molecule has 0 N–H and O–H groups in total. The normalized spacial score (nSPS) is 11.3. The molecular formula is C17H18N2O4. The first-order valence-electron chi connectivity index (χ1n) is 7.15. The SMILES string of the molecule is Cc1ccc(C(C)(C)c2ccc(C)c([N+](=O)[O-])c2)cc1[N+](=O)[O-]. The topological polar surface area (TPSA) is 86.3 Å². The fourth-order valence-corrected chi connectivity index (χ4v) is 2.56. The van der Waals surface area contributed by atoms with Crippen LogP contribution in [-0.4, -0.2) is 9.85 Å².